The maximum absolute atomic E-state index is 14.3. The van der Waals surface area contributed by atoms with E-state index >= 15 is 0 Å². The largest absolute Gasteiger partial charge is 0.350 e. The van der Waals surface area contributed by atoms with Crippen LogP contribution in [0.25, 0.3) is 16.5 Å². The molecular weight excluding hydrogens is 361 g/mol. The number of hydrogen-bond acceptors (Lipinski definition) is 4. The van der Waals surface area contributed by atoms with E-state index in [1.54, 1.807) is 53.5 Å². The van der Waals surface area contributed by atoms with Crippen LogP contribution in [0.1, 0.15) is 5.56 Å². The minimum Gasteiger partial charge on any atom is -0.350 e. The van der Waals surface area contributed by atoms with Crippen LogP contribution in [0.5, 0.6) is 0 Å². The van der Waals surface area contributed by atoms with Crippen molar-refractivity contribution in [2.24, 2.45) is 0 Å². The highest BCUT2D eigenvalue weighted by molar-refractivity contribution is 5.81. The summed E-state index contributed by atoms with van der Waals surface area (Å²) in [5, 5.41) is 7.93. The zero-order valence-electron chi connectivity index (χ0n) is 14.7. The number of nitrogens with one attached hydrogen (secondary N) is 1. The summed E-state index contributed by atoms with van der Waals surface area (Å²) in [6, 6.07) is 11.8. The van der Waals surface area contributed by atoms with Gasteiger partial charge < -0.3 is 9.88 Å². The van der Waals surface area contributed by atoms with E-state index in [1.165, 1.54) is 12.4 Å². The van der Waals surface area contributed by atoms with Gasteiger partial charge in [0.2, 0.25) is 5.91 Å². The fraction of sp³-hybridized carbons (Fsp3) is 0.100. The molecule has 0 atom stereocenters. The quantitative estimate of drug-likeness (QED) is 0.577. The summed E-state index contributed by atoms with van der Waals surface area (Å²) in [5.74, 6) is -0.805. The molecule has 0 aliphatic rings. The van der Waals surface area contributed by atoms with Gasteiger partial charge in [-0.1, -0.05) is 24.3 Å². The molecule has 4 aromatic rings. The van der Waals surface area contributed by atoms with E-state index < -0.39 is 5.82 Å². The average molecular weight is 377 g/mol. The Morgan fingerprint density at radius 3 is 2.82 bits per heavy atom. The Bertz CT molecular complexity index is 1200. The highest BCUT2D eigenvalue weighted by Gasteiger charge is 2.10. The molecule has 0 aliphatic heterocycles. The lowest BCUT2D eigenvalue weighted by atomic mass is 10.2. The molecule has 0 aliphatic carbocycles. The number of nitrogens with zero attached hydrogens (tertiary/aromatic N) is 4. The Kier molecular flexibility index (Phi) is 4.67. The number of halogens is 1. The van der Waals surface area contributed by atoms with Gasteiger partial charge in [-0.05, 0) is 23.8 Å². The second-order valence-corrected chi connectivity index (χ2v) is 6.23. The molecule has 7 nitrogen and oxygen atoms in total. The summed E-state index contributed by atoms with van der Waals surface area (Å²) in [4.78, 5) is 28.5. The molecule has 140 valence electrons. The van der Waals surface area contributed by atoms with Gasteiger partial charge in [-0.25, -0.2) is 14.1 Å². The van der Waals surface area contributed by atoms with E-state index in [1.807, 2.05) is 6.07 Å². The molecule has 2 aromatic carbocycles. The first-order chi connectivity index (χ1) is 13.6. The molecule has 0 saturated heterocycles. The molecule has 0 bridgehead atoms. The van der Waals surface area contributed by atoms with Gasteiger partial charge in [0.15, 0.2) is 0 Å². The van der Waals surface area contributed by atoms with Crippen molar-refractivity contribution in [2.75, 3.05) is 0 Å². The lowest BCUT2D eigenvalue weighted by molar-refractivity contribution is -0.122. The van der Waals surface area contributed by atoms with Gasteiger partial charge in [-0.3, -0.25) is 9.59 Å². The third-order valence-electron chi connectivity index (χ3n) is 4.34. The van der Waals surface area contributed by atoms with Crippen molar-refractivity contribution in [2.45, 2.75) is 13.1 Å². The van der Waals surface area contributed by atoms with E-state index in [4.69, 9.17) is 0 Å². The molecule has 4 rings (SSSR count). The predicted molar refractivity (Wildman–Crippen MR) is 101 cm³/mol. The number of fused-ring (bicyclic) bond motifs is 1. The van der Waals surface area contributed by atoms with Crippen LogP contribution in [0.15, 0.2) is 72.2 Å². The van der Waals surface area contributed by atoms with Crippen LogP contribution in [-0.2, 0) is 17.9 Å². The second kappa shape index (κ2) is 7.43. The summed E-state index contributed by atoms with van der Waals surface area (Å²) < 4.78 is 16.9. The molecule has 0 saturated carbocycles. The summed E-state index contributed by atoms with van der Waals surface area (Å²) in [6.45, 7) is -0.0679. The van der Waals surface area contributed by atoms with Crippen molar-refractivity contribution >= 4 is 16.7 Å². The predicted octanol–water partition coefficient (Wildman–Crippen LogP) is 2.04. The molecule has 0 fully saturated rings. The highest BCUT2D eigenvalue weighted by Crippen LogP contribution is 2.15. The number of hydrogen-bond donors (Lipinski definition) is 1. The van der Waals surface area contributed by atoms with Crippen LogP contribution < -0.4 is 10.9 Å². The monoisotopic (exact) mass is 377 g/mol. The van der Waals surface area contributed by atoms with Crippen molar-refractivity contribution in [3.05, 3.63) is 89.1 Å². The SMILES string of the molecule is O=C(Cn1ncc2ccccc2c1=O)NCc1ccc(-n2ccnc2)c(F)c1. The van der Waals surface area contributed by atoms with E-state index in [0.29, 0.717) is 16.6 Å². The molecule has 2 heterocycles. The maximum atomic E-state index is 14.3. The fourth-order valence-electron chi connectivity index (χ4n) is 2.90. The van der Waals surface area contributed by atoms with Gasteiger partial charge in [0, 0.05) is 24.3 Å². The van der Waals surface area contributed by atoms with E-state index in [0.717, 1.165) is 10.1 Å². The fourth-order valence-corrected chi connectivity index (χ4v) is 2.90. The molecule has 0 spiro atoms. The second-order valence-electron chi connectivity index (χ2n) is 6.23. The normalized spacial score (nSPS) is 10.9. The van der Waals surface area contributed by atoms with E-state index in [-0.39, 0.29) is 24.6 Å². The molecule has 1 amide bonds. The Labute approximate surface area is 159 Å². The lowest BCUT2D eigenvalue weighted by Gasteiger charge is -2.09. The summed E-state index contributed by atoms with van der Waals surface area (Å²) in [6.07, 6.45) is 6.27. The van der Waals surface area contributed by atoms with Crippen molar-refractivity contribution < 1.29 is 9.18 Å². The van der Waals surface area contributed by atoms with Gasteiger partial charge in [-0.15, -0.1) is 0 Å². The van der Waals surface area contributed by atoms with Crippen molar-refractivity contribution in [1.82, 2.24) is 24.6 Å². The maximum Gasteiger partial charge on any atom is 0.275 e. The molecule has 8 heteroatoms. The average Bonchev–Trinajstić information content (AvgIpc) is 3.23. The third kappa shape index (κ3) is 3.52. The summed E-state index contributed by atoms with van der Waals surface area (Å²) in [5.41, 5.74) is 0.650. The minimum absolute atomic E-state index is 0.141. The van der Waals surface area contributed by atoms with Crippen LogP contribution in [0, 0.1) is 5.82 Å². The minimum atomic E-state index is -0.419. The van der Waals surface area contributed by atoms with Crippen LogP contribution in [-0.4, -0.2) is 25.2 Å². The first-order valence-electron chi connectivity index (χ1n) is 8.60. The molecule has 28 heavy (non-hydrogen) atoms. The first kappa shape index (κ1) is 17.6. The smallest absolute Gasteiger partial charge is 0.275 e. The standard InChI is InChI=1S/C20H16FN5O2/c21-17-9-14(5-6-18(17)25-8-7-22-13-25)10-23-19(27)12-26-20(28)16-4-2-1-3-15(16)11-24-26/h1-9,11,13H,10,12H2,(H,23,27). The number of aromatic nitrogens is 4. The number of imidazole rings is 1. The van der Waals surface area contributed by atoms with E-state index in [2.05, 4.69) is 15.4 Å². The number of carbonyl (C=O) groups excluding carboxylic acids is 1. The number of amides is 1. The Morgan fingerprint density at radius 1 is 1.18 bits per heavy atom. The molecule has 0 unspecified atom stereocenters. The van der Waals surface area contributed by atoms with Crippen molar-refractivity contribution in [3.8, 4) is 5.69 Å². The van der Waals surface area contributed by atoms with Gasteiger partial charge in [0.25, 0.3) is 5.56 Å². The Hall–Kier alpha value is -3.81. The molecule has 0 radical (unpaired) electrons. The van der Waals surface area contributed by atoms with Crippen LogP contribution in [0.3, 0.4) is 0 Å². The van der Waals surface area contributed by atoms with Crippen molar-refractivity contribution in [1.29, 1.82) is 0 Å². The molecular formula is C20H16FN5O2. The number of rotatable bonds is 5. The van der Waals surface area contributed by atoms with Crippen molar-refractivity contribution in [3.63, 3.8) is 0 Å². The number of benzene rings is 2. The highest BCUT2D eigenvalue weighted by atomic mass is 19.1. The van der Waals surface area contributed by atoms with Gasteiger partial charge in [0.05, 0.1) is 23.6 Å². The van der Waals surface area contributed by atoms with Crippen LogP contribution in [0.2, 0.25) is 0 Å². The first-order valence-corrected chi connectivity index (χ1v) is 8.60. The number of carbonyl (C=O) groups is 1. The Morgan fingerprint density at radius 2 is 2.04 bits per heavy atom. The zero-order valence-corrected chi connectivity index (χ0v) is 14.7. The topological polar surface area (TPSA) is 81.8 Å². The molecule has 1 N–H and O–H groups in total. The van der Waals surface area contributed by atoms with Gasteiger partial charge in [-0.2, -0.15) is 5.10 Å². The third-order valence-corrected chi connectivity index (χ3v) is 4.34. The van der Waals surface area contributed by atoms with Crippen LogP contribution in [0.4, 0.5) is 4.39 Å². The summed E-state index contributed by atoms with van der Waals surface area (Å²) in [7, 11) is 0. The zero-order chi connectivity index (χ0) is 19.5. The summed E-state index contributed by atoms with van der Waals surface area (Å²) >= 11 is 0. The van der Waals surface area contributed by atoms with Gasteiger partial charge in [0.1, 0.15) is 12.4 Å². The Balaban J connectivity index is 1.43. The lowest BCUT2D eigenvalue weighted by Crippen LogP contribution is -2.33. The van der Waals surface area contributed by atoms with E-state index in [9.17, 15) is 14.0 Å². The van der Waals surface area contributed by atoms with Gasteiger partial charge >= 0.3 is 0 Å². The molecule has 2 aromatic heterocycles. The van der Waals surface area contributed by atoms with Crippen LogP contribution >= 0.6 is 0 Å².